The van der Waals surface area contributed by atoms with Gasteiger partial charge in [-0.05, 0) is 17.5 Å². The van der Waals surface area contributed by atoms with Crippen molar-refractivity contribution in [3.05, 3.63) is 47.0 Å². The smallest absolute Gasteiger partial charge is 0.310 e. The van der Waals surface area contributed by atoms with E-state index in [9.17, 15) is 14.4 Å². The maximum absolute atomic E-state index is 11.6. The van der Waals surface area contributed by atoms with Gasteiger partial charge in [0, 0.05) is 11.6 Å². The van der Waals surface area contributed by atoms with E-state index in [-0.39, 0.29) is 18.6 Å². The second-order valence-electron chi connectivity index (χ2n) is 4.50. The third-order valence-electron chi connectivity index (χ3n) is 2.97. The zero-order chi connectivity index (χ0) is 14.5. The average molecular weight is 273 g/mol. The Morgan fingerprint density at radius 3 is 2.65 bits per heavy atom. The lowest BCUT2D eigenvalue weighted by atomic mass is 10.1. The van der Waals surface area contributed by atoms with Crippen LogP contribution in [0.1, 0.15) is 24.5 Å². The lowest BCUT2D eigenvalue weighted by molar-refractivity contribution is -0.144. The summed E-state index contributed by atoms with van der Waals surface area (Å²) in [5.41, 5.74) is 2.21. The maximum Gasteiger partial charge on any atom is 0.310 e. The molecule has 0 aromatic heterocycles. The summed E-state index contributed by atoms with van der Waals surface area (Å²) >= 11 is 0. The summed E-state index contributed by atoms with van der Waals surface area (Å²) in [5, 5.41) is 2.08. The Morgan fingerprint density at radius 1 is 1.25 bits per heavy atom. The Morgan fingerprint density at radius 2 is 2.00 bits per heavy atom. The molecule has 2 amide bonds. The summed E-state index contributed by atoms with van der Waals surface area (Å²) in [7, 11) is 0. The number of carbonyl (C=O) groups excluding carboxylic acids is 3. The van der Waals surface area contributed by atoms with Gasteiger partial charge in [-0.2, -0.15) is 0 Å². The monoisotopic (exact) mass is 273 g/mol. The first-order valence-electron chi connectivity index (χ1n) is 6.38. The van der Waals surface area contributed by atoms with Crippen LogP contribution in [0.15, 0.2) is 35.9 Å². The van der Waals surface area contributed by atoms with Crippen LogP contribution in [0.4, 0.5) is 0 Å². The summed E-state index contributed by atoms with van der Waals surface area (Å²) in [5.74, 6) is -1.55. The summed E-state index contributed by atoms with van der Waals surface area (Å²) < 4.78 is 5.10. The predicted molar refractivity (Wildman–Crippen MR) is 71.5 cm³/mol. The molecular weight excluding hydrogens is 258 g/mol. The Bertz CT molecular complexity index is 589. The van der Waals surface area contributed by atoms with Crippen molar-refractivity contribution < 1.29 is 19.1 Å². The van der Waals surface area contributed by atoms with Crippen molar-refractivity contribution in [2.75, 3.05) is 0 Å². The zero-order valence-electron chi connectivity index (χ0n) is 11.1. The number of esters is 1. The fourth-order valence-corrected chi connectivity index (χ4v) is 1.89. The van der Waals surface area contributed by atoms with Gasteiger partial charge < -0.3 is 4.74 Å². The number of nitrogens with one attached hydrogen (secondary N) is 1. The highest BCUT2D eigenvalue weighted by molar-refractivity contribution is 6.17. The average Bonchev–Trinajstić information content (AvgIpc) is 2.75. The van der Waals surface area contributed by atoms with Crippen LogP contribution in [0.3, 0.4) is 0 Å². The van der Waals surface area contributed by atoms with Gasteiger partial charge in [-0.25, -0.2) is 0 Å². The number of rotatable bonds is 5. The zero-order valence-corrected chi connectivity index (χ0v) is 11.1. The minimum atomic E-state index is -0.528. The van der Waals surface area contributed by atoms with Crippen LogP contribution < -0.4 is 5.32 Å². The molecule has 1 aromatic rings. The van der Waals surface area contributed by atoms with Crippen LogP contribution >= 0.6 is 0 Å². The van der Waals surface area contributed by atoms with E-state index in [4.69, 9.17) is 4.74 Å². The van der Waals surface area contributed by atoms with Crippen LogP contribution in [0, 0.1) is 0 Å². The van der Waals surface area contributed by atoms with Crippen molar-refractivity contribution >= 4 is 17.8 Å². The van der Waals surface area contributed by atoms with E-state index in [2.05, 4.69) is 5.32 Å². The molecule has 0 fully saturated rings. The minimum Gasteiger partial charge on any atom is -0.461 e. The normalized spacial score (nSPS) is 13.9. The molecule has 0 saturated heterocycles. The third-order valence-corrected chi connectivity index (χ3v) is 2.97. The molecule has 0 spiro atoms. The first-order chi connectivity index (χ1) is 9.58. The SMILES string of the molecule is CCc1cccc(COC(=O)CC2=CC(=O)NC2=O)c1. The summed E-state index contributed by atoms with van der Waals surface area (Å²) in [6, 6.07) is 7.76. The van der Waals surface area contributed by atoms with E-state index in [0.717, 1.165) is 18.1 Å². The lowest BCUT2D eigenvalue weighted by Crippen LogP contribution is -2.23. The van der Waals surface area contributed by atoms with Gasteiger partial charge in [0.05, 0.1) is 6.42 Å². The number of hydrogen-bond acceptors (Lipinski definition) is 4. The van der Waals surface area contributed by atoms with E-state index < -0.39 is 17.8 Å². The van der Waals surface area contributed by atoms with Crippen LogP contribution in [-0.4, -0.2) is 17.8 Å². The van der Waals surface area contributed by atoms with Crippen molar-refractivity contribution in [3.8, 4) is 0 Å². The number of imide groups is 1. The van der Waals surface area contributed by atoms with Crippen LogP contribution in [-0.2, 0) is 32.1 Å². The second-order valence-corrected chi connectivity index (χ2v) is 4.50. The molecule has 5 nitrogen and oxygen atoms in total. The molecule has 0 aliphatic carbocycles. The molecule has 104 valence electrons. The molecule has 0 saturated carbocycles. The quantitative estimate of drug-likeness (QED) is 0.647. The van der Waals surface area contributed by atoms with E-state index >= 15 is 0 Å². The van der Waals surface area contributed by atoms with Gasteiger partial charge in [0.1, 0.15) is 6.61 Å². The Balaban J connectivity index is 1.87. The van der Waals surface area contributed by atoms with Gasteiger partial charge in [-0.15, -0.1) is 0 Å². The van der Waals surface area contributed by atoms with Crippen molar-refractivity contribution in [1.29, 1.82) is 0 Å². The summed E-state index contributed by atoms with van der Waals surface area (Å²) in [6.07, 6.45) is 1.85. The molecule has 5 heteroatoms. The Hall–Kier alpha value is -2.43. The second kappa shape index (κ2) is 6.14. The summed E-state index contributed by atoms with van der Waals surface area (Å²) in [6.45, 7) is 2.21. The van der Waals surface area contributed by atoms with Gasteiger partial charge in [-0.3, -0.25) is 19.7 Å². The van der Waals surface area contributed by atoms with Crippen molar-refractivity contribution in [3.63, 3.8) is 0 Å². The van der Waals surface area contributed by atoms with Gasteiger partial charge in [0.15, 0.2) is 0 Å². The molecule has 0 radical (unpaired) electrons. The fraction of sp³-hybridized carbons (Fsp3) is 0.267. The van der Waals surface area contributed by atoms with Gasteiger partial charge in [0.2, 0.25) is 0 Å². The standard InChI is InChI=1S/C15H15NO4/c1-2-10-4-3-5-11(6-10)9-20-14(18)8-12-7-13(17)16-15(12)19/h3-7H,2,8-9H2,1H3,(H,16,17,19). The maximum atomic E-state index is 11.6. The van der Waals surface area contributed by atoms with Crippen LogP contribution in [0.2, 0.25) is 0 Å². The van der Waals surface area contributed by atoms with Crippen molar-refractivity contribution in [2.45, 2.75) is 26.4 Å². The topological polar surface area (TPSA) is 72.5 Å². The Labute approximate surface area is 116 Å². The molecule has 20 heavy (non-hydrogen) atoms. The highest BCUT2D eigenvalue weighted by Gasteiger charge is 2.23. The lowest BCUT2D eigenvalue weighted by Gasteiger charge is -2.06. The molecule has 1 heterocycles. The number of aryl methyl sites for hydroxylation is 1. The third kappa shape index (κ3) is 3.54. The minimum absolute atomic E-state index is 0.141. The number of hydrogen-bond donors (Lipinski definition) is 1. The predicted octanol–water partition coefficient (Wildman–Crippen LogP) is 1.27. The van der Waals surface area contributed by atoms with Gasteiger partial charge in [-0.1, -0.05) is 31.2 Å². The first-order valence-corrected chi connectivity index (χ1v) is 6.38. The van der Waals surface area contributed by atoms with E-state index in [1.807, 2.05) is 31.2 Å². The molecule has 1 aromatic carbocycles. The molecule has 2 rings (SSSR count). The largest absolute Gasteiger partial charge is 0.461 e. The number of benzene rings is 1. The molecule has 0 bridgehead atoms. The molecule has 0 atom stereocenters. The Kier molecular flexibility index (Phi) is 4.30. The molecule has 1 aliphatic rings. The molecule has 1 N–H and O–H groups in total. The van der Waals surface area contributed by atoms with E-state index in [1.54, 1.807) is 0 Å². The molecule has 0 unspecified atom stereocenters. The van der Waals surface area contributed by atoms with E-state index in [1.165, 1.54) is 5.56 Å². The number of amides is 2. The summed E-state index contributed by atoms with van der Waals surface area (Å²) in [4.78, 5) is 33.8. The number of carbonyl (C=O) groups is 3. The fourth-order valence-electron chi connectivity index (χ4n) is 1.89. The highest BCUT2D eigenvalue weighted by Crippen LogP contribution is 2.11. The van der Waals surface area contributed by atoms with Crippen LogP contribution in [0.25, 0.3) is 0 Å². The van der Waals surface area contributed by atoms with Crippen molar-refractivity contribution in [2.24, 2.45) is 0 Å². The van der Waals surface area contributed by atoms with E-state index in [0.29, 0.717) is 0 Å². The molecular formula is C15H15NO4. The highest BCUT2D eigenvalue weighted by atomic mass is 16.5. The van der Waals surface area contributed by atoms with Crippen molar-refractivity contribution in [1.82, 2.24) is 5.32 Å². The molecule has 1 aliphatic heterocycles. The first kappa shape index (κ1) is 14.0. The number of ether oxygens (including phenoxy) is 1. The van der Waals surface area contributed by atoms with Gasteiger partial charge in [0.25, 0.3) is 11.8 Å². The van der Waals surface area contributed by atoms with Crippen LogP contribution in [0.5, 0.6) is 0 Å². The van der Waals surface area contributed by atoms with Gasteiger partial charge >= 0.3 is 5.97 Å².